The molecule has 0 atom stereocenters. The highest BCUT2D eigenvalue weighted by Gasteiger charge is 2.29. The van der Waals surface area contributed by atoms with Crippen molar-refractivity contribution < 1.29 is 17.6 Å². The van der Waals surface area contributed by atoms with Gasteiger partial charge in [-0.2, -0.15) is 4.31 Å². The number of nitrogens with one attached hydrogen (secondary N) is 1. The highest BCUT2D eigenvalue weighted by molar-refractivity contribution is 7.89. The molecule has 0 unspecified atom stereocenters. The zero-order valence-electron chi connectivity index (χ0n) is 15.3. The number of carbonyl (C=O) groups excluding carboxylic acids is 1. The fourth-order valence-corrected chi connectivity index (χ4v) is 5.00. The van der Waals surface area contributed by atoms with E-state index in [0.717, 1.165) is 0 Å². The van der Waals surface area contributed by atoms with Crippen molar-refractivity contribution >= 4 is 27.5 Å². The summed E-state index contributed by atoms with van der Waals surface area (Å²) in [6.45, 7) is 1.26. The summed E-state index contributed by atoms with van der Waals surface area (Å²) in [5.41, 5.74) is 0.186. The van der Waals surface area contributed by atoms with Crippen LogP contribution in [0.15, 0.2) is 53.4 Å². The smallest absolute Gasteiger partial charge is 0.243 e. The average Bonchev–Trinajstić information content (AvgIpc) is 2.70. The van der Waals surface area contributed by atoms with Crippen LogP contribution >= 0.6 is 11.6 Å². The molecule has 0 aliphatic carbocycles. The lowest BCUT2D eigenvalue weighted by atomic mass is 9.98. The minimum atomic E-state index is -3.48. The highest BCUT2D eigenvalue weighted by atomic mass is 35.5. The molecule has 0 radical (unpaired) electrons. The van der Waals surface area contributed by atoms with Crippen LogP contribution in [0.1, 0.15) is 18.4 Å². The van der Waals surface area contributed by atoms with Gasteiger partial charge < -0.3 is 5.32 Å². The second kappa shape index (κ2) is 9.03. The molecule has 8 heteroatoms. The van der Waals surface area contributed by atoms with Crippen LogP contribution in [0.5, 0.6) is 0 Å². The van der Waals surface area contributed by atoms with Gasteiger partial charge in [-0.05, 0) is 43.0 Å². The summed E-state index contributed by atoms with van der Waals surface area (Å²) in [5.74, 6) is -0.615. The number of hydrogen-bond acceptors (Lipinski definition) is 3. The predicted octanol–water partition coefficient (Wildman–Crippen LogP) is 3.24. The van der Waals surface area contributed by atoms with Gasteiger partial charge in [0.1, 0.15) is 5.82 Å². The van der Waals surface area contributed by atoms with Gasteiger partial charge in [0.25, 0.3) is 0 Å². The molecule has 1 amide bonds. The molecular formula is C20H22ClFN2O3S. The third kappa shape index (κ3) is 4.90. The van der Waals surface area contributed by atoms with E-state index < -0.39 is 15.8 Å². The van der Waals surface area contributed by atoms with Gasteiger partial charge in [-0.1, -0.05) is 35.9 Å². The molecule has 0 aromatic heterocycles. The zero-order chi connectivity index (χ0) is 20.1. The van der Waals surface area contributed by atoms with E-state index in [1.54, 1.807) is 36.4 Å². The van der Waals surface area contributed by atoms with Crippen molar-refractivity contribution in [2.45, 2.75) is 24.2 Å². The van der Waals surface area contributed by atoms with Gasteiger partial charge in [-0.25, -0.2) is 12.8 Å². The predicted molar refractivity (Wildman–Crippen MR) is 106 cm³/mol. The summed E-state index contributed by atoms with van der Waals surface area (Å²) >= 11 is 5.95. The van der Waals surface area contributed by atoms with Crippen LogP contribution < -0.4 is 5.32 Å². The van der Waals surface area contributed by atoms with Gasteiger partial charge in [0.15, 0.2) is 0 Å². The molecule has 1 heterocycles. The van der Waals surface area contributed by atoms with E-state index in [9.17, 15) is 17.6 Å². The Labute approximate surface area is 169 Å². The van der Waals surface area contributed by atoms with Gasteiger partial charge in [0.05, 0.1) is 11.3 Å². The summed E-state index contributed by atoms with van der Waals surface area (Å²) in [5, 5.41) is 3.04. The number of carbonyl (C=O) groups is 1. The van der Waals surface area contributed by atoms with E-state index in [2.05, 4.69) is 5.32 Å². The third-order valence-electron chi connectivity index (χ3n) is 4.94. The zero-order valence-corrected chi connectivity index (χ0v) is 16.8. The number of amides is 1. The minimum Gasteiger partial charge on any atom is -0.356 e. The first kappa shape index (κ1) is 20.8. The van der Waals surface area contributed by atoms with E-state index in [4.69, 9.17) is 11.6 Å². The Morgan fingerprint density at radius 3 is 2.43 bits per heavy atom. The fraction of sp³-hybridized carbons (Fsp3) is 0.350. The van der Waals surface area contributed by atoms with Gasteiger partial charge in [-0.15, -0.1) is 0 Å². The van der Waals surface area contributed by atoms with E-state index in [-0.39, 0.29) is 28.8 Å². The summed E-state index contributed by atoms with van der Waals surface area (Å²) in [7, 11) is -3.48. The molecule has 28 heavy (non-hydrogen) atoms. The molecular weight excluding hydrogens is 403 g/mol. The first-order valence-electron chi connectivity index (χ1n) is 9.12. The number of halogens is 2. The monoisotopic (exact) mass is 424 g/mol. The highest BCUT2D eigenvalue weighted by Crippen LogP contribution is 2.23. The lowest BCUT2D eigenvalue weighted by Gasteiger charge is -2.31. The lowest BCUT2D eigenvalue weighted by Crippen LogP contribution is -2.41. The van der Waals surface area contributed by atoms with Crippen LogP contribution in [0.2, 0.25) is 5.02 Å². The Hall–Kier alpha value is -1.96. The van der Waals surface area contributed by atoms with E-state index in [0.29, 0.717) is 37.4 Å². The Kier molecular flexibility index (Phi) is 6.69. The van der Waals surface area contributed by atoms with E-state index in [1.165, 1.54) is 16.4 Å². The Morgan fingerprint density at radius 1 is 1.11 bits per heavy atom. The van der Waals surface area contributed by atoms with Crippen LogP contribution in [0.25, 0.3) is 0 Å². The van der Waals surface area contributed by atoms with Crippen molar-refractivity contribution in [1.82, 2.24) is 9.62 Å². The molecule has 1 aliphatic heterocycles. The molecule has 150 valence electrons. The quantitative estimate of drug-likeness (QED) is 0.774. The molecule has 0 bridgehead atoms. The molecule has 2 aromatic carbocycles. The van der Waals surface area contributed by atoms with Crippen LogP contribution in [0, 0.1) is 11.7 Å². The molecule has 1 N–H and O–H groups in total. The molecule has 5 nitrogen and oxygen atoms in total. The first-order valence-corrected chi connectivity index (χ1v) is 10.9. The van der Waals surface area contributed by atoms with E-state index >= 15 is 0 Å². The topological polar surface area (TPSA) is 66.5 Å². The summed E-state index contributed by atoms with van der Waals surface area (Å²) in [6, 6.07) is 12.7. The number of piperidine rings is 1. The standard InChI is InChI=1S/C20H22ClFN2O3S/c21-18-7-4-8-19(22)17(18)13-20(25)23-14-15-9-11-24(12-10-15)28(26,27)16-5-2-1-3-6-16/h1-8,15H,9-14H2,(H,23,25). The molecule has 3 rings (SSSR count). The SMILES string of the molecule is O=C(Cc1c(F)cccc1Cl)NCC1CCN(S(=O)(=O)c2ccccc2)CC1. The van der Waals surface area contributed by atoms with Crippen molar-refractivity contribution in [2.24, 2.45) is 5.92 Å². The van der Waals surface area contributed by atoms with Crippen molar-refractivity contribution in [3.63, 3.8) is 0 Å². The fourth-order valence-electron chi connectivity index (χ4n) is 3.28. The van der Waals surface area contributed by atoms with Crippen molar-refractivity contribution in [2.75, 3.05) is 19.6 Å². The van der Waals surface area contributed by atoms with Crippen LogP contribution in [-0.2, 0) is 21.2 Å². The maximum atomic E-state index is 13.8. The molecule has 0 spiro atoms. The van der Waals surface area contributed by atoms with Crippen LogP contribution in [0.4, 0.5) is 4.39 Å². The van der Waals surface area contributed by atoms with Gasteiger partial charge >= 0.3 is 0 Å². The van der Waals surface area contributed by atoms with Crippen LogP contribution in [0.3, 0.4) is 0 Å². The molecule has 2 aromatic rings. The largest absolute Gasteiger partial charge is 0.356 e. The molecule has 1 aliphatic rings. The average molecular weight is 425 g/mol. The second-order valence-electron chi connectivity index (χ2n) is 6.84. The molecule has 1 saturated heterocycles. The normalized spacial score (nSPS) is 16.1. The molecule has 0 saturated carbocycles. The van der Waals surface area contributed by atoms with Gasteiger partial charge in [0.2, 0.25) is 15.9 Å². The minimum absolute atomic E-state index is 0.118. The summed E-state index contributed by atoms with van der Waals surface area (Å²) < 4.78 is 40.5. The maximum absolute atomic E-state index is 13.8. The third-order valence-corrected chi connectivity index (χ3v) is 7.21. The Bertz CT molecular complexity index is 909. The number of sulfonamides is 1. The van der Waals surface area contributed by atoms with Crippen molar-refractivity contribution in [3.05, 3.63) is 64.9 Å². The Morgan fingerprint density at radius 2 is 1.79 bits per heavy atom. The Balaban J connectivity index is 1.49. The van der Waals surface area contributed by atoms with Gasteiger partial charge in [-0.3, -0.25) is 4.79 Å². The first-order chi connectivity index (χ1) is 13.4. The number of benzene rings is 2. The second-order valence-corrected chi connectivity index (χ2v) is 9.19. The van der Waals surface area contributed by atoms with E-state index in [1.807, 2.05) is 0 Å². The van der Waals surface area contributed by atoms with Crippen molar-refractivity contribution in [1.29, 1.82) is 0 Å². The van der Waals surface area contributed by atoms with Gasteiger partial charge in [0, 0.05) is 30.2 Å². The molecule has 1 fully saturated rings. The summed E-state index contributed by atoms with van der Waals surface area (Å²) in [6.07, 6.45) is 1.20. The number of rotatable bonds is 6. The maximum Gasteiger partial charge on any atom is 0.243 e. The van der Waals surface area contributed by atoms with Crippen molar-refractivity contribution in [3.8, 4) is 0 Å². The number of nitrogens with zero attached hydrogens (tertiary/aromatic N) is 1. The van der Waals surface area contributed by atoms with Crippen LogP contribution in [-0.4, -0.2) is 38.3 Å². The lowest BCUT2D eigenvalue weighted by molar-refractivity contribution is -0.120. The summed E-state index contributed by atoms with van der Waals surface area (Å²) in [4.78, 5) is 12.4. The number of hydrogen-bond donors (Lipinski definition) is 1.